The molecule has 2 heteroatoms. The normalized spacial score (nSPS) is 38.5. The van der Waals surface area contributed by atoms with E-state index in [0.29, 0.717) is 17.6 Å². The first-order valence-corrected chi connectivity index (χ1v) is 6.55. The molecule has 0 spiro atoms. The lowest BCUT2D eigenvalue weighted by Crippen LogP contribution is -2.31. The summed E-state index contributed by atoms with van der Waals surface area (Å²) in [7, 11) is 0. The van der Waals surface area contributed by atoms with Crippen LogP contribution in [0.4, 0.5) is 0 Å². The molecule has 1 saturated heterocycles. The third-order valence-electron chi connectivity index (χ3n) is 3.75. The smallest absolute Gasteiger partial charge is 0.0616 e. The summed E-state index contributed by atoms with van der Waals surface area (Å²) in [6, 6.07) is 0.248. The van der Waals surface area contributed by atoms with Crippen molar-refractivity contribution >= 4 is 0 Å². The maximum atomic E-state index is 6.09. The van der Waals surface area contributed by atoms with E-state index in [2.05, 4.69) is 26.8 Å². The van der Waals surface area contributed by atoms with E-state index in [-0.39, 0.29) is 6.04 Å². The molecular formula is C14H25NO. The molecule has 0 radical (unpaired) electrons. The average molecular weight is 223 g/mol. The maximum Gasteiger partial charge on any atom is 0.0616 e. The first-order chi connectivity index (χ1) is 7.44. The first kappa shape index (κ1) is 12.1. The van der Waals surface area contributed by atoms with Crippen LogP contribution in [0.3, 0.4) is 0 Å². The van der Waals surface area contributed by atoms with Gasteiger partial charge in [-0.05, 0) is 44.4 Å². The third kappa shape index (κ3) is 3.08. The zero-order valence-corrected chi connectivity index (χ0v) is 10.8. The van der Waals surface area contributed by atoms with Gasteiger partial charge in [0.1, 0.15) is 0 Å². The van der Waals surface area contributed by atoms with Gasteiger partial charge in [0, 0.05) is 6.04 Å². The molecule has 2 nitrogen and oxygen atoms in total. The van der Waals surface area contributed by atoms with Crippen molar-refractivity contribution in [1.29, 1.82) is 0 Å². The van der Waals surface area contributed by atoms with E-state index >= 15 is 0 Å². The predicted octanol–water partition coefficient (Wildman–Crippen LogP) is 3.02. The van der Waals surface area contributed by atoms with E-state index in [1.165, 1.54) is 24.8 Å². The second kappa shape index (κ2) is 4.50. The minimum Gasteiger partial charge on any atom is -0.375 e. The molecule has 16 heavy (non-hydrogen) atoms. The van der Waals surface area contributed by atoms with E-state index in [0.717, 1.165) is 12.8 Å². The molecule has 0 aromatic heterocycles. The third-order valence-corrected chi connectivity index (χ3v) is 3.75. The van der Waals surface area contributed by atoms with Crippen LogP contribution < -0.4 is 5.73 Å². The number of hydrogen-bond donors (Lipinski definition) is 1. The van der Waals surface area contributed by atoms with Gasteiger partial charge >= 0.3 is 0 Å². The van der Waals surface area contributed by atoms with Gasteiger partial charge in [0.2, 0.25) is 0 Å². The zero-order valence-electron chi connectivity index (χ0n) is 10.8. The van der Waals surface area contributed by atoms with Crippen LogP contribution in [0.5, 0.6) is 0 Å². The van der Waals surface area contributed by atoms with E-state index < -0.39 is 0 Å². The summed E-state index contributed by atoms with van der Waals surface area (Å²) in [5.74, 6) is 0. The Labute approximate surface area is 99.2 Å². The molecule has 0 saturated carbocycles. The molecule has 2 aliphatic rings. The minimum absolute atomic E-state index is 0.248. The van der Waals surface area contributed by atoms with Crippen molar-refractivity contribution in [3.05, 3.63) is 11.6 Å². The number of nitrogens with two attached hydrogens (primary N) is 1. The van der Waals surface area contributed by atoms with Crippen LogP contribution in [0, 0.1) is 5.41 Å². The Morgan fingerprint density at radius 1 is 1.44 bits per heavy atom. The highest BCUT2D eigenvalue weighted by molar-refractivity contribution is 5.15. The predicted molar refractivity (Wildman–Crippen MR) is 67.3 cm³/mol. The topological polar surface area (TPSA) is 35.2 Å². The molecule has 1 fully saturated rings. The Morgan fingerprint density at radius 3 is 2.75 bits per heavy atom. The van der Waals surface area contributed by atoms with Gasteiger partial charge in [-0.15, -0.1) is 0 Å². The molecule has 0 aromatic carbocycles. The van der Waals surface area contributed by atoms with Crippen LogP contribution in [0.1, 0.15) is 52.9 Å². The summed E-state index contributed by atoms with van der Waals surface area (Å²) in [6.45, 7) is 6.81. The first-order valence-electron chi connectivity index (χ1n) is 6.55. The Hall–Kier alpha value is -0.340. The Morgan fingerprint density at radius 2 is 2.19 bits per heavy atom. The average Bonchev–Trinajstić information content (AvgIpc) is 2.46. The van der Waals surface area contributed by atoms with Crippen molar-refractivity contribution in [2.75, 3.05) is 0 Å². The highest BCUT2D eigenvalue weighted by atomic mass is 16.5. The molecule has 2 rings (SSSR count). The van der Waals surface area contributed by atoms with Gasteiger partial charge < -0.3 is 10.5 Å². The van der Waals surface area contributed by atoms with E-state index in [9.17, 15) is 0 Å². The molecule has 2 N–H and O–H groups in total. The van der Waals surface area contributed by atoms with Crippen LogP contribution >= 0.6 is 0 Å². The van der Waals surface area contributed by atoms with E-state index in [1.54, 1.807) is 0 Å². The molecule has 0 aromatic rings. The van der Waals surface area contributed by atoms with Crippen molar-refractivity contribution in [2.45, 2.75) is 71.1 Å². The van der Waals surface area contributed by atoms with Crippen LogP contribution in [0.25, 0.3) is 0 Å². The summed E-state index contributed by atoms with van der Waals surface area (Å²) in [5, 5.41) is 0. The van der Waals surface area contributed by atoms with Gasteiger partial charge in [-0.1, -0.05) is 25.5 Å². The van der Waals surface area contributed by atoms with Crippen LogP contribution in [0.15, 0.2) is 11.6 Å². The highest BCUT2D eigenvalue weighted by Crippen LogP contribution is 2.37. The molecule has 3 atom stereocenters. The Kier molecular flexibility index (Phi) is 3.41. The SMILES string of the molecule is CC1CCC(CC2=CC(N)CC(C)(C)C2)O1. The van der Waals surface area contributed by atoms with Gasteiger partial charge in [-0.2, -0.15) is 0 Å². The number of hydrogen-bond acceptors (Lipinski definition) is 2. The van der Waals surface area contributed by atoms with Crippen molar-refractivity contribution in [3.8, 4) is 0 Å². The Bertz CT molecular complexity index is 282. The lowest BCUT2D eigenvalue weighted by atomic mass is 9.74. The molecule has 0 bridgehead atoms. The summed E-state index contributed by atoms with van der Waals surface area (Å²) in [4.78, 5) is 0. The van der Waals surface area contributed by atoms with Crippen molar-refractivity contribution in [2.24, 2.45) is 11.1 Å². The molecule has 1 aliphatic heterocycles. The molecular weight excluding hydrogens is 198 g/mol. The summed E-state index contributed by atoms with van der Waals surface area (Å²) in [6.07, 6.45) is 9.01. The molecule has 0 amide bonds. The fourth-order valence-electron chi connectivity index (χ4n) is 3.21. The summed E-state index contributed by atoms with van der Waals surface area (Å²) >= 11 is 0. The van der Waals surface area contributed by atoms with Crippen LogP contribution in [0.2, 0.25) is 0 Å². The number of ether oxygens (including phenoxy) is 1. The second-order valence-corrected chi connectivity index (χ2v) is 6.38. The fourth-order valence-corrected chi connectivity index (χ4v) is 3.21. The van der Waals surface area contributed by atoms with Crippen molar-refractivity contribution in [3.63, 3.8) is 0 Å². The van der Waals surface area contributed by atoms with Gasteiger partial charge in [0.15, 0.2) is 0 Å². The Balaban J connectivity index is 1.94. The maximum absolute atomic E-state index is 6.09. The van der Waals surface area contributed by atoms with E-state index in [1.807, 2.05) is 0 Å². The quantitative estimate of drug-likeness (QED) is 0.730. The monoisotopic (exact) mass is 223 g/mol. The largest absolute Gasteiger partial charge is 0.375 e. The van der Waals surface area contributed by atoms with Crippen LogP contribution in [-0.4, -0.2) is 18.2 Å². The highest BCUT2D eigenvalue weighted by Gasteiger charge is 2.29. The zero-order chi connectivity index (χ0) is 11.8. The summed E-state index contributed by atoms with van der Waals surface area (Å²) < 4.78 is 5.89. The van der Waals surface area contributed by atoms with Gasteiger partial charge in [-0.3, -0.25) is 0 Å². The van der Waals surface area contributed by atoms with Gasteiger partial charge in [0.25, 0.3) is 0 Å². The fraction of sp³-hybridized carbons (Fsp3) is 0.857. The molecule has 3 unspecified atom stereocenters. The minimum atomic E-state index is 0.248. The summed E-state index contributed by atoms with van der Waals surface area (Å²) in [5.41, 5.74) is 7.97. The molecule has 1 aliphatic carbocycles. The van der Waals surface area contributed by atoms with E-state index in [4.69, 9.17) is 10.5 Å². The standard InChI is InChI=1S/C14H25NO/c1-10-4-5-13(16-10)7-11-6-12(15)9-14(2,3)8-11/h6,10,12-13H,4-5,7-9,15H2,1-3H3. The molecule has 1 heterocycles. The van der Waals surface area contributed by atoms with Gasteiger partial charge in [-0.25, -0.2) is 0 Å². The van der Waals surface area contributed by atoms with Crippen LogP contribution in [-0.2, 0) is 4.74 Å². The lowest BCUT2D eigenvalue weighted by Gasteiger charge is -2.34. The number of rotatable bonds is 2. The van der Waals surface area contributed by atoms with Crippen molar-refractivity contribution in [1.82, 2.24) is 0 Å². The molecule has 92 valence electrons. The second-order valence-electron chi connectivity index (χ2n) is 6.38. The van der Waals surface area contributed by atoms with Gasteiger partial charge in [0.05, 0.1) is 12.2 Å². The van der Waals surface area contributed by atoms with Crippen molar-refractivity contribution < 1.29 is 4.74 Å². The lowest BCUT2D eigenvalue weighted by molar-refractivity contribution is 0.0546.